The van der Waals surface area contributed by atoms with Crippen molar-refractivity contribution in [2.45, 2.75) is 25.2 Å². The quantitative estimate of drug-likeness (QED) is 0.0297. The molecule has 66 heavy (non-hydrogen) atoms. The summed E-state index contributed by atoms with van der Waals surface area (Å²) >= 11 is 0. The van der Waals surface area contributed by atoms with Crippen molar-refractivity contribution >= 4 is 47.0 Å². The first kappa shape index (κ1) is 47.3. The van der Waals surface area contributed by atoms with Crippen LogP contribution in [-0.2, 0) is 22.4 Å². The van der Waals surface area contributed by atoms with Crippen molar-refractivity contribution in [2.75, 3.05) is 24.7 Å². The predicted octanol–water partition coefficient (Wildman–Crippen LogP) is 10.5. The van der Waals surface area contributed by atoms with Crippen LogP contribution in [0.4, 0.5) is 37.7 Å². The fourth-order valence-electron chi connectivity index (χ4n) is 6.25. The average Bonchev–Trinajstić information content (AvgIpc) is 3.27. The minimum Gasteiger partial charge on any atom is -0.484 e. The Labute approximate surface area is 373 Å². The van der Waals surface area contributed by atoms with E-state index in [0.29, 0.717) is 44.8 Å². The molecular formula is C50H38F6N2O8. The van der Waals surface area contributed by atoms with Crippen molar-refractivity contribution in [3.63, 3.8) is 0 Å². The first-order valence-electron chi connectivity index (χ1n) is 19.8. The zero-order chi connectivity index (χ0) is 47.4. The van der Waals surface area contributed by atoms with Gasteiger partial charge in [-0.3, -0.25) is 9.59 Å². The molecule has 4 N–H and O–H groups in total. The molecule has 6 rings (SSSR count). The summed E-state index contributed by atoms with van der Waals surface area (Å²) in [6.07, 6.45) is -3.15. The maximum atomic E-state index is 13.3. The average molecular weight is 909 g/mol. The molecule has 0 spiro atoms. The number of esters is 2. The van der Waals surface area contributed by atoms with E-state index in [-0.39, 0.29) is 58.5 Å². The van der Waals surface area contributed by atoms with Crippen molar-refractivity contribution in [1.29, 1.82) is 0 Å². The van der Waals surface area contributed by atoms with Crippen LogP contribution in [0.1, 0.15) is 43.0 Å². The van der Waals surface area contributed by atoms with Crippen molar-refractivity contribution in [1.82, 2.24) is 0 Å². The van der Waals surface area contributed by atoms with Gasteiger partial charge >= 0.3 is 24.3 Å². The third-order valence-electron chi connectivity index (χ3n) is 9.37. The molecule has 0 aliphatic rings. The van der Waals surface area contributed by atoms with E-state index in [2.05, 4.69) is 9.47 Å². The van der Waals surface area contributed by atoms with Gasteiger partial charge in [0.2, 0.25) is 0 Å². The van der Waals surface area contributed by atoms with Crippen LogP contribution in [0, 0.1) is 0 Å². The number of benzene rings is 6. The van der Waals surface area contributed by atoms with Crippen LogP contribution in [0.15, 0.2) is 146 Å². The molecule has 0 fully saturated rings. The van der Waals surface area contributed by atoms with Gasteiger partial charge in [0.1, 0.15) is 23.0 Å². The first-order chi connectivity index (χ1) is 31.4. The number of allylic oxidation sites excluding steroid dienone is 2. The van der Waals surface area contributed by atoms with Crippen molar-refractivity contribution in [3.8, 4) is 34.1 Å². The number of halogens is 6. The first-order valence-corrected chi connectivity index (χ1v) is 19.8. The Morgan fingerprint density at radius 1 is 0.455 bits per heavy atom. The summed E-state index contributed by atoms with van der Waals surface area (Å²) in [4.78, 5) is 51.9. The number of rotatable bonds is 17. The number of ketones is 2. The molecule has 0 radical (unpaired) electrons. The number of nitrogen functional groups attached to an aromatic ring is 2. The molecule has 0 aromatic heterocycles. The summed E-state index contributed by atoms with van der Waals surface area (Å²) in [5.74, 6) is -1.83. The molecule has 0 saturated carbocycles. The molecule has 0 atom stereocenters. The predicted molar refractivity (Wildman–Crippen MR) is 235 cm³/mol. The lowest BCUT2D eigenvalue weighted by atomic mass is 9.90. The summed E-state index contributed by atoms with van der Waals surface area (Å²) < 4.78 is 94.3. The molecule has 0 aliphatic heterocycles. The number of hydrogen-bond donors (Lipinski definition) is 2. The molecule has 338 valence electrons. The number of alkyl halides is 6. The molecule has 0 bridgehead atoms. The standard InChI is InChI=1S/C50H38F6N2O8/c51-49(52,53)29-63-41-15-19-43(20-16-41)65-47(61)33-7-1-31(2-8-33)5-13-39(59)27-35-25-37(57)11-23-45(35)46-24-12-38(58)26-36(46)28-40(60)14-6-32-3-9-34(10-4-32)48(62)66-44-21-17-42(18-22-44)64-30-50(54,55)56/h1-26H,27-30,57-58H2/b13-5+,14-6+. The van der Waals surface area contributed by atoms with Gasteiger partial charge in [0, 0.05) is 24.2 Å². The monoisotopic (exact) mass is 908 g/mol. The van der Waals surface area contributed by atoms with E-state index in [9.17, 15) is 45.5 Å². The van der Waals surface area contributed by atoms with Gasteiger partial charge in [0.25, 0.3) is 0 Å². The highest BCUT2D eigenvalue weighted by Gasteiger charge is 2.29. The molecule has 0 aliphatic carbocycles. The van der Waals surface area contributed by atoms with Gasteiger partial charge in [-0.15, -0.1) is 0 Å². The van der Waals surface area contributed by atoms with Crippen molar-refractivity contribution in [2.24, 2.45) is 0 Å². The van der Waals surface area contributed by atoms with E-state index >= 15 is 0 Å². The van der Waals surface area contributed by atoms with E-state index in [1.165, 1.54) is 84.9 Å². The third kappa shape index (κ3) is 14.5. The fraction of sp³-hybridized carbons (Fsp3) is 0.120. The Morgan fingerprint density at radius 3 is 1.12 bits per heavy atom. The minimum absolute atomic E-state index is 0.0407. The Bertz CT molecular complexity index is 2560. The lowest BCUT2D eigenvalue weighted by Gasteiger charge is -2.14. The van der Waals surface area contributed by atoms with Crippen LogP contribution >= 0.6 is 0 Å². The van der Waals surface area contributed by atoms with Gasteiger partial charge in [-0.2, -0.15) is 26.3 Å². The smallest absolute Gasteiger partial charge is 0.422 e. The highest BCUT2D eigenvalue weighted by Crippen LogP contribution is 2.32. The molecule has 0 saturated heterocycles. The molecule has 0 unspecified atom stereocenters. The molecule has 0 heterocycles. The van der Waals surface area contributed by atoms with E-state index in [1.807, 2.05) is 0 Å². The normalized spacial score (nSPS) is 11.7. The van der Waals surface area contributed by atoms with Crippen LogP contribution in [-0.4, -0.2) is 49.1 Å². The van der Waals surface area contributed by atoms with E-state index in [0.717, 1.165) is 0 Å². The second-order valence-electron chi connectivity index (χ2n) is 14.6. The Balaban J connectivity index is 1.05. The molecule has 6 aromatic rings. The van der Waals surface area contributed by atoms with Gasteiger partial charge in [0.15, 0.2) is 24.8 Å². The zero-order valence-corrected chi connectivity index (χ0v) is 34.5. The van der Waals surface area contributed by atoms with Gasteiger partial charge in [-0.05, 0) is 143 Å². The van der Waals surface area contributed by atoms with Crippen LogP contribution in [0.2, 0.25) is 0 Å². The summed E-state index contributed by atoms with van der Waals surface area (Å²) in [6, 6.07) is 32.9. The number of hydrogen-bond acceptors (Lipinski definition) is 10. The number of carbonyl (C=O) groups excluding carboxylic acids is 4. The molecule has 16 heteroatoms. The summed E-state index contributed by atoms with van der Waals surface area (Å²) in [7, 11) is 0. The largest absolute Gasteiger partial charge is 0.484 e. The molecule has 6 aromatic carbocycles. The Hall–Kier alpha value is -8.14. The van der Waals surface area contributed by atoms with E-state index < -0.39 is 37.5 Å². The summed E-state index contributed by atoms with van der Waals surface area (Å²) in [5.41, 5.74) is 17.2. The Kier molecular flexibility index (Phi) is 15.1. The molecular weight excluding hydrogens is 871 g/mol. The number of carbonyl (C=O) groups is 4. The van der Waals surface area contributed by atoms with Crippen LogP contribution in [0.3, 0.4) is 0 Å². The maximum absolute atomic E-state index is 13.3. The lowest BCUT2D eigenvalue weighted by molar-refractivity contribution is -0.154. The SMILES string of the molecule is Nc1ccc(-c2ccc(N)cc2CC(=O)/C=C/c2ccc(C(=O)Oc3ccc(OCC(F)(F)F)cc3)cc2)c(CC(=O)/C=C/c2ccc(C(=O)Oc3ccc(OCC(F)(F)F)cc3)cc2)c1. The molecule has 0 amide bonds. The van der Waals surface area contributed by atoms with Crippen LogP contribution < -0.4 is 30.4 Å². The van der Waals surface area contributed by atoms with E-state index in [4.69, 9.17) is 20.9 Å². The van der Waals surface area contributed by atoms with Crippen molar-refractivity contribution < 1.29 is 64.5 Å². The second-order valence-corrected chi connectivity index (χ2v) is 14.6. The topological polar surface area (TPSA) is 157 Å². The second kappa shape index (κ2) is 21.0. The van der Waals surface area contributed by atoms with Crippen LogP contribution in [0.25, 0.3) is 23.3 Å². The van der Waals surface area contributed by atoms with Gasteiger partial charge in [-0.1, -0.05) is 48.6 Å². The fourth-order valence-corrected chi connectivity index (χ4v) is 6.25. The third-order valence-corrected chi connectivity index (χ3v) is 9.37. The molecule has 10 nitrogen and oxygen atoms in total. The number of anilines is 2. The summed E-state index contributed by atoms with van der Waals surface area (Å²) in [6.45, 7) is -2.91. The van der Waals surface area contributed by atoms with Gasteiger partial charge in [-0.25, -0.2) is 9.59 Å². The summed E-state index contributed by atoms with van der Waals surface area (Å²) in [5, 5.41) is 0. The highest BCUT2D eigenvalue weighted by molar-refractivity contribution is 5.99. The van der Waals surface area contributed by atoms with Gasteiger partial charge in [0.05, 0.1) is 11.1 Å². The maximum Gasteiger partial charge on any atom is 0.422 e. The van der Waals surface area contributed by atoms with Gasteiger partial charge < -0.3 is 30.4 Å². The van der Waals surface area contributed by atoms with E-state index in [1.54, 1.807) is 72.8 Å². The van der Waals surface area contributed by atoms with Crippen molar-refractivity contribution in [3.05, 3.63) is 179 Å². The number of ether oxygens (including phenoxy) is 4. The number of nitrogens with two attached hydrogens (primary N) is 2. The van der Waals surface area contributed by atoms with Crippen LogP contribution in [0.5, 0.6) is 23.0 Å². The Morgan fingerprint density at radius 2 is 0.788 bits per heavy atom. The minimum atomic E-state index is -4.49. The lowest BCUT2D eigenvalue weighted by Crippen LogP contribution is -2.19. The zero-order valence-electron chi connectivity index (χ0n) is 34.5. The highest BCUT2D eigenvalue weighted by atomic mass is 19.4.